The van der Waals surface area contributed by atoms with E-state index < -0.39 is 0 Å². The minimum Gasteiger partial charge on any atom is -0.341 e. The number of anilines is 3. The number of hydrogen-bond acceptors (Lipinski definition) is 4. The molecule has 3 aromatic rings. The van der Waals surface area contributed by atoms with Crippen molar-refractivity contribution in [1.29, 1.82) is 0 Å². The van der Waals surface area contributed by atoms with Crippen LogP contribution in [0.25, 0.3) is 11.3 Å². The van der Waals surface area contributed by atoms with Crippen LogP contribution in [-0.2, 0) is 0 Å². The van der Waals surface area contributed by atoms with Crippen LogP contribution < -0.4 is 10.2 Å². The highest BCUT2D eigenvalue weighted by atomic mass is 19.1. The van der Waals surface area contributed by atoms with E-state index in [9.17, 15) is 4.39 Å². The third kappa shape index (κ3) is 3.67. The van der Waals surface area contributed by atoms with E-state index in [1.54, 1.807) is 18.2 Å². The van der Waals surface area contributed by atoms with Crippen LogP contribution >= 0.6 is 0 Å². The van der Waals surface area contributed by atoms with E-state index in [2.05, 4.69) is 15.2 Å². The van der Waals surface area contributed by atoms with Crippen LogP contribution in [0.3, 0.4) is 0 Å². The number of halogens is 1. The lowest BCUT2D eigenvalue weighted by Crippen LogP contribution is -2.31. The molecule has 0 spiro atoms. The average Bonchev–Trinajstić information content (AvgIpc) is 2.71. The summed E-state index contributed by atoms with van der Waals surface area (Å²) in [5, 5.41) is 3.11. The minimum absolute atomic E-state index is 0.299. The topological polar surface area (TPSA) is 41.1 Å². The quantitative estimate of drug-likeness (QED) is 0.719. The lowest BCUT2D eigenvalue weighted by atomic mass is 10.1. The van der Waals surface area contributed by atoms with Crippen LogP contribution in [0.5, 0.6) is 0 Å². The highest BCUT2D eigenvalue weighted by Gasteiger charge is 2.16. The molecule has 1 aliphatic heterocycles. The van der Waals surface area contributed by atoms with Crippen molar-refractivity contribution in [3.63, 3.8) is 0 Å². The minimum atomic E-state index is -0.299. The van der Waals surface area contributed by atoms with Gasteiger partial charge in [-0.15, -0.1) is 0 Å². The molecule has 2 aromatic carbocycles. The van der Waals surface area contributed by atoms with E-state index in [1.165, 1.54) is 12.5 Å². The maximum Gasteiger partial charge on any atom is 0.227 e. The zero-order valence-electron chi connectivity index (χ0n) is 14.5. The first-order valence-corrected chi connectivity index (χ1v) is 9.00. The molecule has 0 atom stereocenters. The molecule has 0 aliphatic carbocycles. The van der Waals surface area contributed by atoms with E-state index in [0.29, 0.717) is 17.5 Å². The zero-order chi connectivity index (χ0) is 17.8. The Balaban J connectivity index is 1.73. The van der Waals surface area contributed by atoms with Gasteiger partial charge >= 0.3 is 0 Å². The fraction of sp³-hybridized carbons (Fsp3) is 0.238. The van der Waals surface area contributed by atoms with Crippen LogP contribution in [0.15, 0.2) is 60.7 Å². The van der Waals surface area contributed by atoms with E-state index in [1.807, 2.05) is 36.4 Å². The molecular weight excluding hydrogens is 327 g/mol. The lowest BCUT2D eigenvalue weighted by molar-refractivity contribution is 0.568. The van der Waals surface area contributed by atoms with E-state index in [4.69, 9.17) is 4.98 Å². The number of piperidine rings is 1. The molecule has 4 rings (SSSR count). The number of aromatic nitrogens is 2. The molecule has 0 radical (unpaired) electrons. The third-order valence-electron chi connectivity index (χ3n) is 4.56. The maximum atomic E-state index is 14.0. The Morgan fingerprint density at radius 3 is 2.35 bits per heavy atom. The van der Waals surface area contributed by atoms with Gasteiger partial charge in [-0.2, -0.15) is 4.98 Å². The monoisotopic (exact) mass is 348 g/mol. The van der Waals surface area contributed by atoms with Crippen LogP contribution in [0.2, 0.25) is 0 Å². The first-order valence-electron chi connectivity index (χ1n) is 9.00. The van der Waals surface area contributed by atoms with Crippen molar-refractivity contribution < 1.29 is 4.39 Å². The molecule has 4 nitrogen and oxygen atoms in total. The van der Waals surface area contributed by atoms with Gasteiger partial charge in [0, 0.05) is 24.7 Å². The summed E-state index contributed by atoms with van der Waals surface area (Å²) in [6.07, 6.45) is 3.54. The second-order valence-corrected chi connectivity index (χ2v) is 6.46. The normalized spacial score (nSPS) is 14.3. The summed E-state index contributed by atoms with van der Waals surface area (Å²) in [7, 11) is 0. The summed E-state index contributed by atoms with van der Waals surface area (Å²) < 4.78 is 14.0. The van der Waals surface area contributed by atoms with E-state index in [0.717, 1.165) is 37.2 Å². The second-order valence-electron chi connectivity index (χ2n) is 6.46. The van der Waals surface area contributed by atoms with Gasteiger partial charge in [-0.1, -0.05) is 42.5 Å². The van der Waals surface area contributed by atoms with Gasteiger partial charge in [0.15, 0.2) is 0 Å². The average molecular weight is 348 g/mol. The molecule has 1 saturated heterocycles. The molecule has 0 saturated carbocycles. The fourth-order valence-electron chi connectivity index (χ4n) is 3.19. The van der Waals surface area contributed by atoms with Gasteiger partial charge in [0.25, 0.3) is 0 Å². The standard InChI is InChI=1S/C21H21FN4/c22-17-11-5-6-12-18(17)23-20-15-19(16-9-3-1-4-10-16)24-21(25-20)26-13-7-2-8-14-26/h1,3-6,9-12,15H,2,7-8,13-14H2,(H,23,24,25). The van der Waals surface area contributed by atoms with E-state index >= 15 is 0 Å². The summed E-state index contributed by atoms with van der Waals surface area (Å²) in [6, 6.07) is 18.5. The van der Waals surface area contributed by atoms with Crippen molar-refractivity contribution in [2.24, 2.45) is 0 Å². The highest BCUT2D eigenvalue weighted by molar-refractivity contribution is 5.67. The predicted octanol–water partition coefficient (Wildman–Crippen LogP) is 5.02. The number of benzene rings is 2. The summed E-state index contributed by atoms with van der Waals surface area (Å²) >= 11 is 0. The first-order chi connectivity index (χ1) is 12.8. The fourth-order valence-corrected chi connectivity index (χ4v) is 3.19. The smallest absolute Gasteiger partial charge is 0.227 e. The molecule has 2 heterocycles. The Morgan fingerprint density at radius 1 is 0.846 bits per heavy atom. The molecule has 1 fully saturated rings. The number of nitrogens with one attached hydrogen (secondary N) is 1. The van der Waals surface area contributed by atoms with E-state index in [-0.39, 0.29) is 5.82 Å². The molecule has 0 unspecified atom stereocenters. The molecule has 132 valence electrons. The van der Waals surface area contributed by atoms with Crippen LogP contribution in [-0.4, -0.2) is 23.1 Å². The predicted molar refractivity (Wildman–Crippen MR) is 103 cm³/mol. The summed E-state index contributed by atoms with van der Waals surface area (Å²) in [5.41, 5.74) is 2.26. The molecule has 1 N–H and O–H groups in total. The number of hydrogen-bond donors (Lipinski definition) is 1. The Kier molecular flexibility index (Phi) is 4.78. The van der Waals surface area contributed by atoms with Gasteiger partial charge in [-0.05, 0) is 31.4 Å². The second kappa shape index (κ2) is 7.52. The summed E-state index contributed by atoms with van der Waals surface area (Å²) in [5.74, 6) is 1.00. The van der Waals surface area contributed by atoms with Gasteiger partial charge in [0.1, 0.15) is 11.6 Å². The van der Waals surface area contributed by atoms with Crippen LogP contribution in [0, 0.1) is 5.82 Å². The largest absolute Gasteiger partial charge is 0.341 e. The van der Waals surface area contributed by atoms with Crippen molar-refractivity contribution in [2.45, 2.75) is 19.3 Å². The third-order valence-corrected chi connectivity index (χ3v) is 4.56. The number of para-hydroxylation sites is 1. The lowest BCUT2D eigenvalue weighted by Gasteiger charge is -2.27. The molecule has 5 heteroatoms. The highest BCUT2D eigenvalue weighted by Crippen LogP contribution is 2.27. The Morgan fingerprint density at radius 2 is 1.58 bits per heavy atom. The van der Waals surface area contributed by atoms with Gasteiger partial charge in [-0.3, -0.25) is 0 Å². The molecule has 26 heavy (non-hydrogen) atoms. The van der Waals surface area contributed by atoms with Crippen molar-refractivity contribution in [3.8, 4) is 11.3 Å². The van der Waals surface area contributed by atoms with Crippen molar-refractivity contribution in [3.05, 3.63) is 66.5 Å². The summed E-state index contributed by atoms with van der Waals surface area (Å²) in [6.45, 7) is 1.91. The van der Waals surface area contributed by atoms with Gasteiger partial charge < -0.3 is 10.2 Å². The molecule has 0 bridgehead atoms. The van der Waals surface area contributed by atoms with Crippen LogP contribution in [0.1, 0.15) is 19.3 Å². The molecular formula is C21H21FN4. The maximum absolute atomic E-state index is 14.0. The first kappa shape index (κ1) is 16.5. The molecule has 0 amide bonds. The van der Waals surface area contributed by atoms with Gasteiger partial charge in [0.05, 0.1) is 11.4 Å². The number of rotatable bonds is 4. The Hall–Kier alpha value is -2.95. The molecule has 1 aliphatic rings. The van der Waals surface area contributed by atoms with Crippen LogP contribution in [0.4, 0.5) is 21.8 Å². The van der Waals surface area contributed by atoms with Crippen molar-refractivity contribution >= 4 is 17.5 Å². The Labute approximate surface area is 152 Å². The van der Waals surface area contributed by atoms with Crippen molar-refractivity contribution in [2.75, 3.05) is 23.3 Å². The zero-order valence-corrected chi connectivity index (χ0v) is 14.5. The molecule has 1 aromatic heterocycles. The van der Waals surface area contributed by atoms with Gasteiger partial charge in [0.2, 0.25) is 5.95 Å². The van der Waals surface area contributed by atoms with Crippen molar-refractivity contribution in [1.82, 2.24) is 9.97 Å². The SMILES string of the molecule is Fc1ccccc1Nc1cc(-c2ccccc2)nc(N2CCCCC2)n1. The Bertz CT molecular complexity index is 876. The summed E-state index contributed by atoms with van der Waals surface area (Å²) in [4.78, 5) is 11.6. The van der Waals surface area contributed by atoms with Gasteiger partial charge in [-0.25, -0.2) is 9.37 Å². The number of nitrogens with zero attached hydrogens (tertiary/aromatic N) is 3.